The van der Waals surface area contributed by atoms with E-state index in [9.17, 15) is 4.79 Å². The largest absolute Gasteiger partial charge is 0.463 e. The lowest BCUT2D eigenvalue weighted by molar-refractivity contribution is -0.137. The van der Waals surface area contributed by atoms with Gasteiger partial charge >= 0.3 is 5.97 Å². The number of carbonyl (C=O) groups is 1. The highest BCUT2D eigenvalue weighted by Gasteiger charge is 2.05. The zero-order chi connectivity index (χ0) is 10.2. The van der Waals surface area contributed by atoms with Crippen LogP contribution < -0.4 is 0 Å². The zero-order valence-electron chi connectivity index (χ0n) is 8.74. The van der Waals surface area contributed by atoms with E-state index in [1.807, 2.05) is 13.0 Å². The van der Waals surface area contributed by atoms with Crippen molar-refractivity contribution < 1.29 is 9.53 Å². The Kier molecular flexibility index (Phi) is 5.05. The molecule has 0 fully saturated rings. The highest BCUT2D eigenvalue weighted by Crippen LogP contribution is 2.20. The second kappa shape index (κ2) is 6.41. The smallest absolute Gasteiger partial charge is 0.330 e. The fourth-order valence-corrected chi connectivity index (χ4v) is 1.61. The predicted octanol–water partition coefficient (Wildman–Crippen LogP) is 2.85. The Morgan fingerprint density at radius 2 is 2.50 bits per heavy atom. The van der Waals surface area contributed by atoms with Crippen LogP contribution >= 0.6 is 0 Å². The van der Waals surface area contributed by atoms with Crippen molar-refractivity contribution in [3.8, 4) is 0 Å². The maximum absolute atomic E-state index is 11.0. The molecule has 0 spiro atoms. The molecule has 2 nitrogen and oxygen atoms in total. The van der Waals surface area contributed by atoms with E-state index in [-0.39, 0.29) is 5.97 Å². The van der Waals surface area contributed by atoms with E-state index in [1.54, 1.807) is 0 Å². The summed E-state index contributed by atoms with van der Waals surface area (Å²) >= 11 is 0. The molecule has 2 heteroatoms. The standard InChI is InChI=1S/C12H18O2/c1-2-14-12(13)10-6-9-11-7-4-3-5-8-11/h4,6-7,10-11H,2-3,5,8-9H2,1H3/b10-6+. The first-order chi connectivity index (χ1) is 6.83. The van der Waals surface area contributed by atoms with Gasteiger partial charge in [0.15, 0.2) is 0 Å². The number of esters is 1. The molecule has 1 atom stereocenters. The van der Waals surface area contributed by atoms with Crippen molar-refractivity contribution in [2.24, 2.45) is 5.92 Å². The molecule has 0 saturated carbocycles. The average Bonchev–Trinajstić information content (AvgIpc) is 2.20. The second-order valence-corrected chi connectivity index (χ2v) is 3.51. The molecule has 0 N–H and O–H groups in total. The Balaban J connectivity index is 2.21. The lowest BCUT2D eigenvalue weighted by Crippen LogP contribution is -2.01. The quantitative estimate of drug-likeness (QED) is 0.391. The van der Waals surface area contributed by atoms with Crippen molar-refractivity contribution in [1.29, 1.82) is 0 Å². The maximum atomic E-state index is 11.0. The molecular weight excluding hydrogens is 176 g/mol. The van der Waals surface area contributed by atoms with E-state index >= 15 is 0 Å². The zero-order valence-corrected chi connectivity index (χ0v) is 8.74. The minimum atomic E-state index is -0.229. The minimum absolute atomic E-state index is 0.229. The first kappa shape index (κ1) is 11.0. The Morgan fingerprint density at radius 3 is 3.14 bits per heavy atom. The summed E-state index contributed by atoms with van der Waals surface area (Å²) in [6.07, 6.45) is 12.6. The van der Waals surface area contributed by atoms with E-state index in [4.69, 9.17) is 4.74 Å². The summed E-state index contributed by atoms with van der Waals surface area (Å²) in [6, 6.07) is 0. The van der Waals surface area contributed by atoms with Crippen LogP contribution in [0.25, 0.3) is 0 Å². The Labute approximate surface area is 85.6 Å². The molecule has 14 heavy (non-hydrogen) atoms. The summed E-state index contributed by atoms with van der Waals surface area (Å²) in [6.45, 7) is 2.27. The van der Waals surface area contributed by atoms with E-state index in [2.05, 4.69) is 12.2 Å². The van der Waals surface area contributed by atoms with Gasteiger partial charge in [-0.05, 0) is 38.5 Å². The molecule has 0 aromatic carbocycles. The van der Waals surface area contributed by atoms with Gasteiger partial charge in [0.1, 0.15) is 0 Å². The summed E-state index contributed by atoms with van der Waals surface area (Å²) in [5.74, 6) is 0.390. The second-order valence-electron chi connectivity index (χ2n) is 3.51. The van der Waals surface area contributed by atoms with Crippen molar-refractivity contribution in [2.45, 2.75) is 32.6 Å². The molecule has 1 unspecified atom stereocenters. The van der Waals surface area contributed by atoms with Crippen LogP contribution in [-0.2, 0) is 9.53 Å². The van der Waals surface area contributed by atoms with Gasteiger partial charge in [0.05, 0.1) is 6.61 Å². The van der Waals surface area contributed by atoms with Crippen LogP contribution in [0, 0.1) is 5.92 Å². The van der Waals surface area contributed by atoms with Crippen molar-refractivity contribution in [3.63, 3.8) is 0 Å². The van der Waals surface area contributed by atoms with Crippen LogP contribution in [0.5, 0.6) is 0 Å². The normalized spacial score (nSPS) is 21.4. The van der Waals surface area contributed by atoms with Crippen molar-refractivity contribution in [1.82, 2.24) is 0 Å². The number of hydrogen-bond acceptors (Lipinski definition) is 2. The summed E-state index contributed by atoms with van der Waals surface area (Å²) in [7, 11) is 0. The summed E-state index contributed by atoms with van der Waals surface area (Å²) < 4.78 is 4.79. The third-order valence-corrected chi connectivity index (χ3v) is 2.33. The van der Waals surface area contributed by atoms with Crippen LogP contribution in [0.3, 0.4) is 0 Å². The average molecular weight is 194 g/mol. The van der Waals surface area contributed by atoms with Crippen LogP contribution in [-0.4, -0.2) is 12.6 Å². The number of hydrogen-bond donors (Lipinski definition) is 0. The lowest BCUT2D eigenvalue weighted by atomic mass is 9.93. The molecule has 0 heterocycles. The fourth-order valence-electron chi connectivity index (χ4n) is 1.61. The SMILES string of the molecule is CCOC(=O)/C=C/CC1C=CCCC1. The Hall–Kier alpha value is -1.05. The van der Waals surface area contributed by atoms with Gasteiger partial charge in [-0.2, -0.15) is 0 Å². The van der Waals surface area contributed by atoms with E-state index < -0.39 is 0 Å². The molecule has 0 radical (unpaired) electrons. The molecule has 0 bridgehead atoms. The Morgan fingerprint density at radius 1 is 1.64 bits per heavy atom. The fraction of sp³-hybridized carbons (Fsp3) is 0.583. The van der Waals surface area contributed by atoms with Crippen molar-refractivity contribution in [2.75, 3.05) is 6.61 Å². The molecule has 0 saturated heterocycles. The Bertz CT molecular complexity index is 228. The molecule has 0 aromatic heterocycles. The van der Waals surface area contributed by atoms with Gasteiger partial charge in [-0.3, -0.25) is 0 Å². The molecule has 0 aliphatic heterocycles. The molecule has 1 rings (SSSR count). The predicted molar refractivity (Wildman–Crippen MR) is 56.9 cm³/mol. The van der Waals surface area contributed by atoms with Crippen molar-refractivity contribution in [3.05, 3.63) is 24.3 Å². The van der Waals surface area contributed by atoms with Crippen LogP contribution in [0.15, 0.2) is 24.3 Å². The van der Waals surface area contributed by atoms with Gasteiger partial charge in [0, 0.05) is 6.08 Å². The van der Waals surface area contributed by atoms with Gasteiger partial charge in [0.25, 0.3) is 0 Å². The number of carbonyl (C=O) groups excluding carboxylic acids is 1. The van der Waals surface area contributed by atoms with Crippen LogP contribution in [0.2, 0.25) is 0 Å². The molecule has 0 amide bonds. The summed E-state index contributed by atoms with van der Waals surface area (Å²) in [5.41, 5.74) is 0. The topological polar surface area (TPSA) is 26.3 Å². The van der Waals surface area contributed by atoms with Gasteiger partial charge in [-0.25, -0.2) is 4.79 Å². The third kappa shape index (κ3) is 4.26. The third-order valence-electron chi connectivity index (χ3n) is 2.33. The van der Waals surface area contributed by atoms with Gasteiger partial charge in [-0.1, -0.05) is 18.2 Å². The molecule has 78 valence electrons. The first-order valence-corrected chi connectivity index (χ1v) is 5.33. The molecular formula is C12H18O2. The first-order valence-electron chi connectivity index (χ1n) is 5.33. The highest BCUT2D eigenvalue weighted by molar-refractivity contribution is 5.81. The number of rotatable bonds is 4. The molecule has 0 aromatic rings. The molecule has 1 aliphatic rings. The summed E-state index contributed by atoms with van der Waals surface area (Å²) in [5, 5.41) is 0. The monoisotopic (exact) mass is 194 g/mol. The van der Waals surface area contributed by atoms with Crippen LogP contribution in [0.1, 0.15) is 32.6 Å². The van der Waals surface area contributed by atoms with E-state index in [0.717, 1.165) is 6.42 Å². The summed E-state index contributed by atoms with van der Waals surface area (Å²) in [4.78, 5) is 11.0. The molecule has 1 aliphatic carbocycles. The maximum Gasteiger partial charge on any atom is 0.330 e. The lowest BCUT2D eigenvalue weighted by Gasteiger charge is -2.13. The van der Waals surface area contributed by atoms with Crippen molar-refractivity contribution >= 4 is 5.97 Å². The minimum Gasteiger partial charge on any atom is -0.463 e. The van der Waals surface area contributed by atoms with Gasteiger partial charge in [-0.15, -0.1) is 0 Å². The van der Waals surface area contributed by atoms with Gasteiger partial charge in [0.2, 0.25) is 0 Å². The van der Waals surface area contributed by atoms with Gasteiger partial charge < -0.3 is 4.74 Å². The van der Waals surface area contributed by atoms with E-state index in [0.29, 0.717) is 12.5 Å². The highest BCUT2D eigenvalue weighted by atomic mass is 16.5. The van der Waals surface area contributed by atoms with E-state index in [1.165, 1.54) is 25.3 Å². The number of allylic oxidation sites excluding steroid dienone is 3. The number of ether oxygens (including phenoxy) is 1. The van der Waals surface area contributed by atoms with Crippen LogP contribution in [0.4, 0.5) is 0 Å².